The molecule has 0 spiro atoms. The number of anilines is 1. The van der Waals surface area contributed by atoms with Crippen molar-refractivity contribution in [3.05, 3.63) is 64.2 Å². The number of nitrogen functional groups attached to an aromatic ring is 1. The predicted octanol–water partition coefficient (Wildman–Crippen LogP) is 3.48. The van der Waals surface area contributed by atoms with Gasteiger partial charge in [0, 0.05) is 28.8 Å². The van der Waals surface area contributed by atoms with E-state index >= 15 is 0 Å². The van der Waals surface area contributed by atoms with Crippen molar-refractivity contribution in [3.63, 3.8) is 0 Å². The summed E-state index contributed by atoms with van der Waals surface area (Å²) in [7, 11) is 0. The van der Waals surface area contributed by atoms with Crippen LogP contribution < -0.4 is 5.73 Å². The van der Waals surface area contributed by atoms with E-state index in [-0.39, 0.29) is 6.42 Å². The maximum absolute atomic E-state index is 13.0. The highest BCUT2D eigenvalue weighted by Crippen LogP contribution is 2.26. The number of hydrogen-bond donors (Lipinski definition) is 2. The van der Waals surface area contributed by atoms with E-state index < -0.39 is 17.7 Å². The van der Waals surface area contributed by atoms with E-state index in [4.69, 9.17) is 17.3 Å². The second-order valence-corrected chi connectivity index (χ2v) is 4.71. The Morgan fingerprint density at radius 2 is 1.74 bits per heavy atom. The fourth-order valence-corrected chi connectivity index (χ4v) is 2.09. The molecule has 2 rings (SSSR count). The molecule has 1 atom stereocenters. The summed E-state index contributed by atoms with van der Waals surface area (Å²) in [6.45, 7) is 0. The van der Waals surface area contributed by atoms with Gasteiger partial charge in [-0.25, -0.2) is 8.78 Å². The molecule has 0 radical (unpaired) electrons. The molecule has 0 saturated heterocycles. The minimum atomic E-state index is -0.946. The van der Waals surface area contributed by atoms with Gasteiger partial charge in [0.2, 0.25) is 0 Å². The molecule has 0 heterocycles. The molecule has 2 aromatic rings. The molecule has 0 aliphatic carbocycles. The fraction of sp³-hybridized carbons (Fsp3) is 0.143. The van der Waals surface area contributed by atoms with E-state index in [1.807, 2.05) is 0 Å². The average Bonchev–Trinajstić information content (AvgIpc) is 2.26. The maximum atomic E-state index is 13.0. The zero-order valence-electron chi connectivity index (χ0n) is 9.91. The molecule has 2 aromatic carbocycles. The third-order valence-corrected chi connectivity index (χ3v) is 2.99. The van der Waals surface area contributed by atoms with Gasteiger partial charge in [-0.3, -0.25) is 0 Å². The molecule has 0 amide bonds. The predicted molar refractivity (Wildman–Crippen MR) is 70.9 cm³/mol. The molecule has 0 aliphatic heterocycles. The molecule has 0 fully saturated rings. The Morgan fingerprint density at radius 3 is 2.32 bits per heavy atom. The molecular weight excluding hydrogens is 272 g/mol. The summed E-state index contributed by atoms with van der Waals surface area (Å²) in [6, 6.07) is 7.86. The number of aliphatic hydroxyl groups is 1. The molecule has 100 valence electrons. The van der Waals surface area contributed by atoms with Crippen LogP contribution in [0.3, 0.4) is 0 Å². The van der Waals surface area contributed by atoms with Crippen molar-refractivity contribution in [2.75, 3.05) is 5.73 Å². The zero-order valence-corrected chi connectivity index (χ0v) is 10.7. The lowest BCUT2D eigenvalue weighted by molar-refractivity contribution is 0.179. The smallest absolute Gasteiger partial charge is 0.126 e. The summed E-state index contributed by atoms with van der Waals surface area (Å²) in [5.74, 6) is -1.35. The highest BCUT2D eigenvalue weighted by Gasteiger charge is 2.13. The van der Waals surface area contributed by atoms with Crippen LogP contribution in [0.15, 0.2) is 36.4 Å². The largest absolute Gasteiger partial charge is 0.398 e. The second kappa shape index (κ2) is 5.55. The summed E-state index contributed by atoms with van der Waals surface area (Å²) < 4.78 is 26.1. The van der Waals surface area contributed by atoms with Crippen molar-refractivity contribution in [1.29, 1.82) is 0 Å². The Bertz CT molecular complexity index is 584. The number of aliphatic hydroxyl groups excluding tert-OH is 1. The molecule has 5 heteroatoms. The average molecular weight is 284 g/mol. The van der Waals surface area contributed by atoms with Gasteiger partial charge in [0.25, 0.3) is 0 Å². The SMILES string of the molecule is Nc1cc(Cl)ccc1C(O)Cc1cc(F)cc(F)c1. The minimum Gasteiger partial charge on any atom is -0.398 e. The normalized spacial score (nSPS) is 12.4. The van der Waals surface area contributed by atoms with Gasteiger partial charge >= 0.3 is 0 Å². The van der Waals surface area contributed by atoms with Crippen LogP contribution in [0.4, 0.5) is 14.5 Å². The first kappa shape index (κ1) is 13.8. The lowest BCUT2D eigenvalue weighted by Gasteiger charge is -2.14. The third-order valence-electron chi connectivity index (χ3n) is 2.76. The number of hydrogen-bond acceptors (Lipinski definition) is 2. The van der Waals surface area contributed by atoms with E-state index in [0.29, 0.717) is 21.8 Å². The van der Waals surface area contributed by atoms with Crippen molar-refractivity contribution in [1.82, 2.24) is 0 Å². The van der Waals surface area contributed by atoms with Crippen LogP contribution in [0.5, 0.6) is 0 Å². The summed E-state index contributed by atoms with van der Waals surface area (Å²) in [4.78, 5) is 0. The summed E-state index contributed by atoms with van der Waals surface area (Å²) in [5, 5.41) is 10.5. The van der Waals surface area contributed by atoms with Crippen molar-refractivity contribution >= 4 is 17.3 Å². The van der Waals surface area contributed by atoms with Gasteiger partial charge in [0.05, 0.1) is 6.10 Å². The van der Waals surface area contributed by atoms with Gasteiger partial charge in [-0.2, -0.15) is 0 Å². The third kappa shape index (κ3) is 3.43. The number of halogens is 3. The van der Waals surface area contributed by atoms with Crippen LogP contribution in [-0.4, -0.2) is 5.11 Å². The van der Waals surface area contributed by atoms with Crippen molar-refractivity contribution < 1.29 is 13.9 Å². The topological polar surface area (TPSA) is 46.2 Å². The van der Waals surface area contributed by atoms with E-state index in [1.165, 1.54) is 18.2 Å². The van der Waals surface area contributed by atoms with Gasteiger partial charge in [-0.1, -0.05) is 17.7 Å². The van der Waals surface area contributed by atoms with E-state index in [9.17, 15) is 13.9 Å². The van der Waals surface area contributed by atoms with Gasteiger partial charge < -0.3 is 10.8 Å². The quantitative estimate of drug-likeness (QED) is 0.847. The Morgan fingerprint density at radius 1 is 1.11 bits per heavy atom. The van der Waals surface area contributed by atoms with Gasteiger partial charge in [-0.15, -0.1) is 0 Å². The first-order valence-electron chi connectivity index (χ1n) is 5.63. The Kier molecular flexibility index (Phi) is 4.02. The Hall–Kier alpha value is -1.65. The number of benzene rings is 2. The van der Waals surface area contributed by atoms with Crippen LogP contribution in [0.2, 0.25) is 5.02 Å². The van der Waals surface area contributed by atoms with Crippen LogP contribution in [-0.2, 0) is 6.42 Å². The lowest BCUT2D eigenvalue weighted by Crippen LogP contribution is -2.06. The van der Waals surface area contributed by atoms with E-state index in [1.54, 1.807) is 12.1 Å². The summed E-state index contributed by atoms with van der Waals surface area (Å²) in [6.07, 6.45) is -0.876. The molecule has 1 unspecified atom stereocenters. The molecular formula is C14H12ClF2NO. The Balaban J connectivity index is 2.22. The molecule has 0 aromatic heterocycles. The van der Waals surface area contributed by atoms with Gasteiger partial charge in [-0.05, 0) is 29.8 Å². The Labute approximate surface area is 114 Å². The monoisotopic (exact) mass is 283 g/mol. The summed E-state index contributed by atoms with van der Waals surface area (Å²) in [5.41, 5.74) is 6.93. The van der Waals surface area contributed by atoms with E-state index in [0.717, 1.165) is 6.07 Å². The first-order valence-corrected chi connectivity index (χ1v) is 6.01. The second-order valence-electron chi connectivity index (χ2n) is 4.27. The highest BCUT2D eigenvalue weighted by molar-refractivity contribution is 6.30. The van der Waals surface area contributed by atoms with Crippen LogP contribution in [0.1, 0.15) is 17.2 Å². The maximum Gasteiger partial charge on any atom is 0.126 e. The lowest BCUT2D eigenvalue weighted by atomic mass is 10.00. The van der Waals surface area contributed by atoms with E-state index in [2.05, 4.69) is 0 Å². The van der Waals surface area contributed by atoms with Gasteiger partial charge in [0.1, 0.15) is 11.6 Å². The first-order chi connectivity index (χ1) is 8.95. The highest BCUT2D eigenvalue weighted by atomic mass is 35.5. The zero-order chi connectivity index (χ0) is 14.0. The molecule has 0 aliphatic rings. The number of nitrogens with two attached hydrogens (primary N) is 1. The van der Waals surface area contributed by atoms with Crippen molar-refractivity contribution in [2.45, 2.75) is 12.5 Å². The van der Waals surface area contributed by atoms with Crippen LogP contribution in [0, 0.1) is 11.6 Å². The summed E-state index contributed by atoms with van der Waals surface area (Å²) >= 11 is 5.76. The standard InChI is InChI=1S/C14H12ClF2NO/c15-9-1-2-12(13(18)6-9)14(19)5-8-3-10(16)7-11(17)4-8/h1-4,6-7,14,19H,5,18H2. The molecule has 0 bridgehead atoms. The van der Waals surface area contributed by atoms with Crippen LogP contribution >= 0.6 is 11.6 Å². The van der Waals surface area contributed by atoms with Crippen molar-refractivity contribution in [3.8, 4) is 0 Å². The molecule has 2 nitrogen and oxygen atoms in total. The minimum absolute atomic E-state index is 0.0700. The molecule has 3 N–H and O–H groups in total. The fourth-order valence-electron chi connectivity index (χ4n) is 1.91. The molecule has 19 heavy (non-hydrogen) atoms. The van der Waals surface area contributed by atoms with Crippen molar-refractivity contribution in [2.24, 2.45) is 0 Å². The molecule has 0 saturated carbocycles. The van der Waals surface area contributed by atoms with Gasteiger partial charge in [0.15, 0.2) is 0 Å². The van der Waals surface area contributed by atoms with Crippen LogP contribution in [0.25, 0.3) is 0 Å². The number of rotatable bonds is 3.